The number of carbonyl (C=O) groups excluding carboxylic acids is 1. The summed E-state index contributed by atoms with van der Waals surface area (Å²) >= 11 is 0. The van der Waals surface area contributed by atoms with Crippen LogP contribution >= 0.6 is 0 Å². The van der Waals surface area contributed by atoms with E-state index in [1.54, 1.807) is 6.07 Å². The molecule has 64 valence electrons. The fourth-order valence-corrected chi connectivity index (χ4v) is 0.766. The number of hydrogen-bond donors (Lipinski definition) is 1. The smallest absolute Gasteiger partial charge is 0.252 e. The molecule has 1 rings (SSSR count). The fraction of sp³-hybridized carbons (Fsp3) is 0.375. The van der Waals surface area contributed by atoms with Crippen LogP contribution in [0.25, 0.3) is 0 Å². The van der Waals surface area contributed by atoms with Gasteiger partial charge in [0.2, 0.25) is 0 Å². The number of hydrogen-bond acceptors (Lipinski definition) is 3. The van der Waals surface area contributed by atoms with Gasteiger partial charge in [0.1, 0.15) is 0 Å². The topological polar surface area (TPSA) is 54.9 Å². The van der Waals surface area contributed by atoms with Crippen LogP contribution in [-0.4, -0.2) is 22.6 Å². The van der Waals surface area contributed by atoms with Gasteiger partial charge in [-0.25, -0.2) is 0 Å². The van der Waals surface area contributed by atoms with Crippen LogP contribution in [0.4, 0.5) is 0 Å². The Bertz CT molecular complexity index is 248. The molecule has 0 atom stereocenters. The molecule has 0 saturated carbocycles. The van der Waals surface area contributed by atoms with Gasteiger partial charge in [-0.15, -0.1) is 0 Å². The maximum atomic E-state index is 11.2. The highest BCUT2D eigenvalue weighted by Crippen LogP contribution is 1.92. The molecule has 1 aromatic heterocycles. The van der Waals surface area contributed by atoms with Gasteiger partial charge < -0.3 is 5.32 Å². The molecule has 0 fully saturated rings. The summed E-state index contributed by atoms with van der Waals surface area (Å²) in [7, 11) is 0. The first-order chi connectivity index (χ1) is 5.84. The molecule has 0 bridgehead atoms. The number of aromatic nitrogens is 2. The van der Waals surface area contributed by atoms with Crippen molar-refractivity contribution in [3.05, 3.63) is 24.0 Å². The highest BCUT2D eigenvalue weighted by atomic mass is 16.1. The largest absolute Gasteiger partial charge is 0.352 e. The average molecular weight is 165 g/mol. The summed E-state index contributed by atoms with van der Waals surface area (Å²) in [5.74, 6) is -0.0910. The molecule has 0 aliphatic rings. The summed E-state index contributed by atoms with van der Waals surface area (Å²) in [4.78, 5) is 11.2. The molecule has 12 heavy (non-hydrogen) atoms. The summed E-state index contributed by atoms with van der Waals surface area (Å²) in [6.45, 7) is 2.70. The molecule has 0 unspecified atom stereocenters. The minimum Gasteiger partial charge on any atom is -0.352 e. The van der Waals surface area contributed by atoms with E-state index in [1.165, 1.54) is 12.4 Å². The molecule has 0 aliphatic heterocycles. The number of nitrogens with zero attached hydrogens (tertiary/aromatic N) is 2. The predicted molar refractivity (Wildman–Crippen MR) is 44.7 cm³/mol. The summed E-state index contributed by atoms with van der Waals surface area (Å²) in [5.41, 5.74) is 0.554. The summed E-state index contributed by atoms with van der Waals surface area (Å²) < 4.78 is 0. The molecule has 0 saturated heterocycles. The third kappa shape index (κ3) is 2.30. The first-order valence-electron chi connectivity index (χ1n) is 3.89. The second kappa shape index (κ2) is 4.43. The van der Waals surface area contributed by atoms with Gasteiger partial charge in [0.15, 0.2) is 0 Å². The lowest BCUT2D eigenvalue weighted by atomic mass is 10.3. The number of amides is 1. The van der Waals surface area contributed by atoms with Crippen molar-refractivity contribution in [1.29, 1.82) is 0 Å². The van der Waals surface area contributed by atoms with Gasteiger partial charge in [-0.05, 0) is 12.5 Å². The minimum atomic E-state index is -0.0910. The quantitative estimate of drug-likeness (QED) is 0.714. The SMILES string of the molecule is CCCNC(=O)c1ccnnc1. The zero-order valence-corrected chi connectivity index (χ0v) is 6.95. The lowest BCUT2D eigenvalue weighted by Gasteiger charge is -2.00. The molecule has 0 radical (unpaired) electrons. The van der Waals surface area contributed by atoms with E-state index in [1.807, 2.05) is 6.92 Å². The van der Waals surface area contributed by atoms with Gasteiger partial charge in [-0.3, -0.25) is 4.79 Å². The Hall–Kier alpha value is -1.45. The standard InChI is InChI=1S/C8H11N3O/c1-2-4-9-8(12)7-3-5-10-11-6-7/h3,5-6H,2,4H2,1H3,(H,9,12). The second-order valence-electron chi connectivity index (χ2n) is 2.39. The number of nitrogens with one attached hydrogen (secondary N) is 1. The van der Waals surface area contributed by atoms with Crippen molar-refractivity contribution in [2.24, 2.45) is 0 Å². The second-order valence-corrected chi connectivity index (χ2v) is 2.39. The summed E-state index contributed by atoms with van der Waals surface area (Å²) in [6, 6.07) is 1.64. The normalized spacial score (nSPS) is 9.42. The van der Waals surface area contributed by atoms with Crippen molar-refractivity contribution < 1.29 is 4.79 Å². The summed E-state index contributed by atoms with van der Waals surface area (Å²) in [5, 5.41) is 9.92. The highest BCUT2D eigenvalue weighted by molar-refractivity contribution is 5.93. The first kappa shape index (κ1) is 8.64. The van der Waals surface area contributed by atoms with Gasteiger partial charge in [0, 0.05) is 6.54 Å². The van der Waals surface area contributed by atoms with E-state index >= 15 is 0 Å². The first-order valence-corrected chi connectivity index (χ1v) is 3.89. The van der Waals surface area contributed by atoms with Gasteiger partial charge in [-0.1, -0.05) is 6.92 Å². The van der Waals surface area contributed by atoms with Crippen LogP contribution in [0.15, 0.2) is 18.5 Å². The van der Waals surface area contributed by atoms with Crippen molar-refractivity contribution in [2.45, 2.75) is 13.3 Å². The van der Waals surface area contributed by atoms with Crippen molar-refractivity contribution in [2.75, 3.05) is 6.54 Å². The van der Waals surface area contributed by atoms with E-state index in [0.717, 1.165) is 6.42 Å². The maximum Gasteiger partial charge on any atom is 0.252 e. The van der Waals surface area contributed by atoms with E-state index in [-0.39, 0.29) is 5.91 Å². The Labute approximate surface area is 71.0 Å². The van der Waals surface area contributed by atoms with Crippen LogP contribution in [-0.2, 0) is 0 Å². The Balaban J connectivity index is 2.54. The molecule has 0 spiro atoms. The molecule has 4 heteroatoms. The molecule has 0 aliphatic carbocycles. The maximum absolute atomic E-state index is 11.2. The lowest BCUT2D eigenvalue weighted by molar-refractivity contribution is 0.0953. The van der Waals surface area contributed by atoms with Crippen LogP contribution in [0.3, 0.4) is 0 Å². The minimum absolute atomic E-state index is 0.0910. The molecule has 1 N–H and O–H groups in total. The third-order valence-corrected chi connectivity index (χ3v) is 1.38. The van der Waals surface area contributed by atoms with Crippen LogP contribution < -0.4 is 5.32 Å². The Morgan fingerprint density at radius 3 is 3.00 bits per heavy atom. The highest BCUT2D eigenvalue weighted by Gasteiger charge is 2.02. The molecule has 4 nitrogen and oxygen atoms in total. The van der Waals surface area contributed by atoms with Crippen LogP contribution in [0, 0.1) is 0 Å². The zero-order valence-electron chi connectivity index (χ0n) is 6.95. The van der Waals surface area contributed by atoms with E-state index in [4.69, 9.17) is 0 Å². The van der Waals surface area contributed by atoms with Crippen molar-refractivity contribution in [3.8, 4) is 0 Å². The van der Waals surface area contributed by atoms with Crippen molar-refractivity contribution in [1.82, 2.24) is 15.5 Å². The lowest BCUT2D eigenvalue weighted by Crippen LogP contribution is -2.24. The van der Waals surface area contributed by atoms with Crippen LogP contribution in [0.5, 0.6) is 0 Å². The Kier molecular flexibility index (Phi) is 3.19. The van der Waals surface area contributed by atoms with Gasteiger partial charge in [-0.2, -0.15) is 10.2 Å². The molecule has 1 heterocycles. The monoisotopic (exact) mass is 165 g/mol. The van der Waals surface area contributed by atoms with Gasteiger partial charge in [0.25, 0.3) is 5.91 Å². The molecule has 1 aromatic rings. The molecular weight excluding hydrogens is 154 g/mol. The molecular formula is C8H11N3O. The third-order valence-electron chi connectivity index (χ3n) is 1.38. The molecule has 0 aromatic carbocycles. The van der Waals surface area contributed by atoms with E-state index in [9.17, 15) is 4.79 Å². The Morgan fingerprint density at radius 1 is 1.58 bits per heavy atom. The molecule has 1 amide bonds. The van der Waals surface area contributed by atoms with E-state index in [2.05, 4.69) is 15.5 Å². The van der Waals surface area contributed by atoms with Crippen LogP contribution in [0.2, 0.25) is 0 Å². The van der Waals surface area contributed by atoms with Gasteiger partial charge in [0.05, 0.1) is 18.0 Å². The van der Waals surface area contributed by atoms with E-state index < -0.39 is 0 Å². The summed E-state index contributed by atoms with van der Waals surface area (Å²) in [6.07, 6.45) is 3.89. The predicted octanol–water partition coefficient (Wildman–Crippen LogP) is 0.616. The number of carbonyl (C=O) groups is 1. The number of rotatable bonds is 3. The fourth-order valence-electron chi connectivity index (χ4n) is 0.766. The van der Waals surface area contributed by atoms with Crippen LogP contribution in [0.1, 0.15) is 23.7 Å². The van der Waals surface area contributed by atoms with Crippen molar-refractivity contribution in [3.63, 3.8) is 0 Å². The van der Waals surface area contributed by atoms with Gasteiger partial charge >= 0.3 is 0 Å². The average Bonchev–Trinajstić information content (AvgIpc) is 2.15. The zero-order chi connectivity index (χ0) is 8.81. The van der Waals surface area contributed by atoms with E-state index in [0.29, 0.717) is 12.1 Å². The Morgan fingerprint density at radius 2 is 2.42 bits per heavy atom. The van der Waals surface area contributed by atoms with Crippen molar-refractivity contribution >= 4 is 5.91 Å².